The molecule has 0 saturated heterocycles. The third-order valence-corrected chi connectivity index (χ3v) is 2.68. The van der Waals surface area contributed by atoms with Crippen LogP contribution in [-0.4, -0.2) is 22.7 Å². The summed E-state index contributed by atoms with van der Waals surface area (Å²) in [5, 5.41) is 12.7. The quantitative estimate of drug-likeness (QED) is 0.871. The van der Waals surface area contributed by atoms with Crippen LogP contribution in [0.25, 0.3) is 0 Å². The highest BCUT2D eigenvalue weighted by Crippen LogP contribution is 2.19. The molecule has 0 aliphatic carbocycles. The van der Waals surface area contributed by atoms with Crippen molar-refractivity contribution in [3.8, 4) is 0 Å². The number of anilines is 1. The number of hydrogen-bond acceptors (Lipinski definition) is 3. The van der Waals surface area contributed by atoms with E-state index in [1.165, 1.54) is 0 Å². The van der Waals surface area contributed by atoms with Crippen LogP contribution in [0.4, 0.5) is 5.69 Å². The van der Waals surface area contributed by atoms with Crippen LogP contribution in [0.15, 0.2) is 22.9 Å². The lowest BCUT2D eigenvalue weighted by molar-refractivity contribution is 0.138. The zero-order valence-electron chi connectivity index (χ0n) is 8.37. The highest BCUT2D eigenvalue weighted by atomic mass is 79.9. The lowest BCUT2D eigenvalue weighted by Crippen LogP contribution is -2.24. The molecule has 0 fully saturated rings. The molecular formula is C10H15BrN2O. The van der Waals surface area contributed by atoms with E-state index in [2.05, 4.69) is 26.2 Å². The van der Waals surface area contributed by atoms with E-state index in [1.54, 1.807) is 12.4 Å². The van der Waals surface area contributed by atoms with E-state index in [9.17, 15) is 5.11 Å². The summed E-state index contributed by atoms with van der Waals surface area (Å²) in [4.78, 5) is 3.96. The summed E-state index contributed by atoms with van der Waals surface area (Å²) in [5.74, 6) is 0.267. The van der Waals surface area contributed by atoms with E-state index in [1.807, 2.05) is 19.9 Å². The molecule has 4 heteroatoms. The minimum Gasteiger partial charge on any atom is -0.391 e. The highest BCUT2D eigenvalue weighted by Gasteiger charge is 2.08. The van der Waals surface area contributed by atoms with Crippen molar-refractivity contribution in [2.24, 2.45) is 5.92 Å². The smallest absolute Gasteiger partial charge is 0.0735 e. The summed E-state index contributed by atoms with van der Waals surface area (Å²) in [6.07, 6.45) is 3.12. The Morgan fingerprint density at radius 2 is 2.29 bits per heavy atom. The lowest BCUT2D eigenvalue weighted by atomic mass is 10.1. The predicted molar refractivity (Wildman–Crippen MR) is 61.3 cm³/mol. The second-order valence-electron chi connectivity index (χ2n) is 3.55. The van der Waals surface area contributed by atoms with Crippen LogP contribution < -0.4 is 5.32 Å². The van der Waals surface area contributed by atoms with Crippen molar-refractivity contribution in [2.75, 3.05) is 11.9 Å². The Labute approximate surface area is 92.7 Å². The largest absolute Gasteiger partial charge is 0.391 e. The van der Waals surface area contributed by atoms with Crippen LogP contribution in [0.3, 0.4) is 0 Å². The Bertz CT molecular complexity index is 291. The van der Waals surface area contributed by atoms with Gasteiger partial charge in [0.05, 0.1) is 16.3 Å². The molecule has 0 aliphatic heterocycles. The first-order valence-electron chi connectivity index (χ1n) is 4.62. The SMILES string of the molecule is CC(C)C(O)CNc1ccncc1Br. The van der Waals surface area contributed by atoms with E-state index in [-0.39, 0.29) is 12.0 Å². The number of nitrogens with one attached hydrogen (secondary N) is 1. The van der Waals surface area contributed by atoms with Crippen molar-refractivity contribution >= 4 is 21.6 Å². The van der Waals surface area contributed by atoms with E-state index in [4.69, 9.17) is 0 Å². The topological polar surface area (TPSA) is 45.1 Å². The Morgan fingerprint density at radius 3 is 2.86 bits per heavy atom. The van der Waals surface area contributed by atoms with E-state index < -0.39 is 0 Å². The molecule has 1 aromatic rings. The van der Waals surface area contributed by atoms with Gasteiger partial charge in [-0.15, -0.1) is 0 Å². The van der Waals surface area contributed by atoms with Crippen molar-refractivity contribution in [3.05, 3.63) is 22.9 Å². The fourth-order valence-corrected chi connectivity index (χ4v) is 1.36. The maximum Gasteiger partial charge on any atom is 0.0735 e. The number of aliphatic hydroxyl groups is 1. The van der Waals surface area contributed by atoms with Crippen LogP contribution >= 0.6 is 15.9 Å². The first-order chi connectivity index (χ1) is 6.61. The number of aromatic nitrogens is 1. The summed E-state index contributed by atoms with van der Waals surface area (Å²) in [6, 6.07) is 1.87. The van der Waals surface area contributed by atoms with Gasteiger partial charge in [0.25, 0.3) is 0 Å². The molecule has 1 aromatic heterocycles. The van der Waals surface area contributed by atoms with Crippen LogP contribution in [-0.2, 0) is 0 Å². The molecule has 0 aliphatic rings. The Morgan fingerprint density at radius 1 is 1.57 bits per heavy atom. The highest BCUT2D eigenvalue weighted by molar-refractivity contribution is 9.10. The summed E-state index contributed by atoms with van der Waals surface area (Å²) in [7, 11) is 0. The van der Waals surface area contributed by atoms with Crippen LogP contribution in [0.2, 0.25) is 0 Å². The average molecular weight is 259 g/mol. The molecule has 0 radical (unpaired) electrons. The van der Waals surface area contributed by atoms with Crippen molar-refractivity contribution in [2.45, 2.75) is 20.0 Å². The molecule has 1 heterocycles. The van der Waals surface area contributed by atoms with Gasteiger partial charge in [-0.25, -0.2) is 0 Å². The van der Waals surface area contributed by atoms with Gasteiger partial charge in [0, 0.05) is 18.9 Å². The number of halogens is 1. The van der Waals surface area contributed by atoms with Gasteiger partial charge in [0.15, 0.2) is 0 Å². The molecule has 78 valence electrons. The number of pyridine rings is 1. The van der Waals surface area contributed by atoms with Crippen molar-refractivity contribution < 1.29 is 5.11 Å². The van der Waals surface area contributed by atoms with Gasteiger partial charge in [-0.1, -0.05) is 13.8 Å². The van der Waals surface area contributed by atoms with Crippen LogP contribution in [0, 0.1) is 5.92 Å². The Balaban J connectivity index is 2.50. The van der Waals surface area contributed by atoms with Crippen molar-refractivity contribution in [1.29, 1.82) is 0 Å². The Hall–Kier alpha value is -0.610. The zero-order valence-corrected chi connectivity index (χ0v) is 9.95. The predicted octanol–water partition coefficient (Wildman–Crippen LogP) is 2.27. The molecule has 2 N–H and O–H groups in total. The van der Waals surface area contributed by atoms with Gasteiger partial charge in [-0.2, -0.15) is 0 Å². The van der Waals surface area contributed by atoms with Gasteiger partial charge in [0.1, 0.15) is 0 Å². The standard InChI is InChI=1S/C10H15BrN2O/c1-7(2)10(14)6-13-9-3-4-12-5-8(9)11/h3-5,7,10,14H,6H2,1-2H3,(H,12,13). The second-order valence-corrected chi connectivity index (χ2v) is 4.40. The number of hydrogen-bond donors (Lipinski definition) is 2. The molecule has 14 heavy (non-hydrogen) atoms. The normalized spacial score (nSPS) is 12.9. The lowest BCUT2D eigenvalue weighted by Gasteiger charge is -2.16. The fourth-order valence-electron chi connectivity index (χ4n) is 0.969. The van der Waals surface area contributed by atoms with Gasteiger partial charge in [-0.05, 0) is 27.9 Å². The van der Waals surface area contributed by atoms with Gasteiger partial charge < -0.3 is 10.4 Å². The third-order valence-electron chi connectivity index (χ3n) is 2.04. The maximum atomic E-state index is 9.59. The maximum absolute atomic E-state index is 9.59. The number of rotatable bonds is 4. The zero-order chi connectivity index (χ0) is 10.6. The summed E-state index contributed by atoms with van der Waals surface area (Å²) in [5.41, 5.74) is 0.958. The van der Waals surface area contributed by atoms with Gasteiger partial charge in [0.2, 0.25) is 0 Å². The summed E-state index contributed by atoms with van der Waals surface area (Å²) < 4.78 is 0.913. The molecule has 0 bridgehead atoms. The van der Waals surface area contributed by atoms with Crippen molar-refractivity contribution in [3.63, 3.8) is 0 Å². The summed E-state index contributed by atoms with van der Waals surface area (Å²) >= 11 is 3.38. The number of aliphatic hydroxyl groups excluding tert-OH is 1. The first-order valence-corrected chi connectivity index (χ1v) is 5.42. The van der Waals surface area contributed by atoms with E-state index in [0.717, 1.165) is 10.2 Å². The fraction of sp³-hybridized carbons (Fsp3) is 0.500. The molecule has 0 spiro atoms. The number of nitrogens with zero attached hydrogens (tertiary/aromatic N) is 1. The van der Waals surface area contributed by atoms with E-state index in [0.29, 0.717) is 6.54 Å². The minimum atomic E-state index is -0.324. The van der Waals surface area contributed by atoms with Gasteiger partial charge in [-0.3, -0.25) is 4.98 Å². The molecule has 1 unspecified atom stereocenters. The molecule has 1 rings (SSSR count). The third kappa shape index (κ3) is 3.27. The van der Waals surface area contributed by atoms with Gasteiger partial charge >= 0.3 is 0 Å². The van der Waals surface area contributed by atoms with Crippen LogP contribution in [0.5, 0.6) is 0 Å². The van der Waals surface area contributed by atoms with Crippen LogP contribution in [0.1, 0.15) is 13.8 Å². The minimum absolute atomic E-state index is 0.267. The molecule has 0 saturated carbocycles. The average Bonchev–Trinajstić information content (AvgIpc) is 2.16. The molecule has 1 atom stereocenters. The first kappa shape index (κ1) is 11.5. The molecule has 3 nitrogen and oxygen atoms in total. The summed E-state index contributed by atoms with van der Waals surface area (Å²) in [6.45, 7) is 4.54. The second kappa shape index (κ2) is 5.32. The van der Waals surface area contributed by atoms with Crippen molar-refractivity contribution in [1.82, 2.24) is 4.98 Å². The van der Waals surface area contributed by atoms with E-state index >= 15 is 0 Å². The molecular weight excluding hydrogens is 244 g/mol. The monoisotopic (exact) mass is 258 g/mol. The molecule has 0 amide bonds. The molecule has 0 aromatic carbocycles. The Kier molecular flexibility index (Phi) is 4.35.